The molecule has 7 heteroatoms. The zero-order valence-electron chi connectivity index (χ0n) is 14.1. The fourth-order valence-corrected chi connectivity index (χ4v) is 3.02. The molecule has 1 N–H and O–H groups in total. The molecule has 1 atom stereocenters. The van der Waals surface area contributed by atoms with Gasteiger partial charge in [0.2, 0.25) is 0 Å². The third kappa shape index (κ3) is 4.42. The molecule has 1 saturated heterocycles. The molecule has 3 rings (SSSR count). The number of benzene rings is 2. The maximum Gasteiger partial charge on any atom is 0.254 e. The Morgan fingerprint density at radius 2 is 1.81 bits per heavy atom. The molecule has 0 unspecified atom stereocenters. The lowest BCUT2D eigenvalue weighted by Gasteiger charge is -2.35. The largest absolute Gasteiger partial charge is 0.379 e. The molecule has 26 heavy (non-hydrogen) atoms. The number of amides is 1. The molecule has 1 aliphatic heterocycles. The second-order valence-corrected chi connectivity index (χ2v) is 6.05. The normalized spacial score (nSPS) is 16.3. The fraction of sp³-hybridized carbons (Fsp3) is 0.316. The topological polar surface area (TPSA) is 41.6 Å². The van der Waals surface area contributed by atoms with Crippen LogP contribution in [0, 0.1) is 17.5 Å². The van der Waals surface area contributed by atoms with Crippen molar-refractivity contribution in [1.82, 2.24) is 10.2 Å². The lowest BCUT2D eigenvalue weighted by atomic mass is 10.0. The summed E-state index contributed by atoms with van der Waals surface area (Å²) < 4.78 is 45.8. The van der Waals surface area contributed by atoms with E-state index in [-0.39, 0.29) is 24.0 Å². The first-order chi connectivity index (χ1) is 12.5. The van der Waals surface area contributed by atoms with Gasteiger partial charge in [-0.25, -0.2) is 13.2 Å². The van der Waals surface area contributed by atoms with Gasteiger partial charge in [-0.05, 0) is 29.8 Å². The van der Waals surface area contributed by atoms with Crippen LogP contribution in [0.15, 0.2) is 42.5 Å². The maximum atomic E-state index is 13.8. The van der Waals surface area contributed by atoms with Gasteiger partial charge >= 0.3 is 0 Å². The monoisotopic (exact) mass is 364 g/mol. The molecule has 0 bridgehead atoms. The van der Waals surface area contributed by atoms with Gasteiger partial charge in [0.05, 0.1) is 24.8 Å². The van der Waals surface area contributed by atoms with E-state index in [1.54, 1.807) is 12.1 Å². The van der Waals surface area contributed by atoms with Crippen molar-refractivity contribution in [3.63, 3.8) is 0 Å². The van der Waals surface area contributed by atoms with Crippen molar-refractivity contribution in [3.8, 4) is 0 Å². The van der Waals surface area contributed by atoms with Crippen molar-refractivity contribution in [3.05, 3.63) is 71.0 Å². The van der Waals surface area contributed by atoms with Gasteiger partial charge in [0, 0.05) is 25.7 Å². The molecule has 0 aliphatic carbocycles. The van der Waals surface area contributed by atoms with Crippen molar-refractivity contribution in [2.75, 3.05) is 32.8 Å². The molecule has 2 aromatic carbocycles. The van der Waals surface area contributed by atoms with Gasteiger partial charge in [-0.2, -0.15) is 0 Å². The lowest BCUT2D eigenvalue weighted by molar-refractivity contribution is 0.0161. The Morgan fingerprint density at radius 3 is 2.50 bits per heavy atom. The number of rotatable bonds is 5. The average Bonchev–Trinajstić information content (AvgIpc) is 2.63. The van der Waals surface area contributed by atoms with E-state index >= 15 is 0 Å². The Balaban J connectivity index is 1.76. The molecule has 1 fully saturated rings. The third-order valence-electron chi connectivity index (χ3n) is 4.35. The highest BCUT2D eigenvalue weighted by molar-refractivity contribution is 5.94. The Bertz CT molecular complexity index is 779. The summed E-state index contributed by atoms with van der Waals surface area (Å²) in [4.78, 5) is 14.4. The summed E-state index contributed by atoms with van der Waals surface area (Å²) in [6.07, 6.45) is 0. The van der Waals surface area contributed by atoms with E-state index in [0.29, 0.717) is 37.9 Å². The minimum atomic E-state index is -0.920. The standard InChI is InChI=1S/C19H19F3N2O2/c20-14-3-1-2-13(10-14)18(24-6-8-26-9-7-24)12-23-19(25)16-5-4-15(21)11-17(16)22/h1-5,10-11,18H,6-9,12H2,(H,23,25)/t18-/m0/s1. The summed E-state index contributed by atoms with van der Waals surface area (Å²) in [5.74, 6) is -2.67. The number of nitrogens with zero attached hydrogens (tertiary/aromatic N) is 1. The van der Waals surface area contributed by atoms with Crippen LogP contribution in [0.4, 0.5) is 13.2 Å². The molecule has 1 heterocycles. The van der Waals surface area contributed by atoms with E-state index in [2.05, 4.69) is 10.2 Å². The van der Waals surface area contributed by atoms with Crippen LogP contribution >= 0.6 is 0 Å². The van der Waals surface area contributed by atoms with Gasteiger partial charge in [0.1, 0.15) is 17.5 Å². The highest BCUT2D eigenvalue weighted by Gasteiger charge is 2.24. The summed E-state index contributed by atoms with van der Waals surface area (Å²) >= 11 is 0. The minimum absolute atomic E-state index is 0.166. The molecule has 1 aliphatic rings. The fourth-order valence-electron chi connectivity index (χ4n) is 3.02. The number of hydrogen-bond acceptors (Lipinski definition) is 3. The number of carbonyl (C=O) groups excluding carboxylic acids is 1. The SMILES string of the molecule is O=C(NC[C@@H](c1cccc(F)c1)N1CCOCC1)c1ccc(F)cc1F. The number of morpholine rings is 1. The van der Waals surface area contributed by atoms with E-state index in [1.165, 1.54) is 12.1 Å². The summed E-state index contributed by atoms with van der Waals surface area (Å²) in [7, 11) is 0. The number of nitrogens with one attached hydrogen (secondary N) is 1. The molecule has 138 valence electrons. The van der Waals surface area contributed by atoms with Crippen LogP contribution < -0.4 is 5.32 Å². The number of carbonyl (C=O) groups is 1. The molecule has 0 aromatic heterocycles. The lowest BCUT2D eigenvalue weighted by Crippen LogP contribution is -2.44. The quantitative estimate of drug-likeness (QED) is 0.887. The average molecular weight is 364 g/mol. The second kappa shape index (κ2) is 8.33. The van der Waals surface area contributed by atoms with Crippen LogP contribution in [-0.2, 0) is 4.74 Å². The Labute approximate surface area is 149 Å². The minimum Gasteiger partial charge on any atom is -0.379 e. The van der Waals surface area contributed by atoms with Crippen LogP contribution in [0.3, 0.4) is 0 Å². The maximum absolute atomic E-state index is 13.8. The van der Waals surface area contributed by atoms with Crippen molar-refractivity contribution >= 4 is 5.91 Å². The zero-order chi connectivity index (χ0) is 18.5. The highest BCUT2D eigenvalue weighted by Crippen LogP contribution is 2.22. The van der Waals surface area contributed by atoms with Crippen molar-refractivity contribution < 1.29 is 22.7 Å². The van der Waals surface area contributed by atoms with Gasteiger partial charge in [-0.3, -0.25) is 9.69 Å². The Kier molecular flexibility index (Phi) is 5.90. The number of halogens is 3. The van der Waals surface area contributed by atoms with E-state index in [4.69, 9.17) is 4.74 Å². The summed E-state index contributed by atoms with van der Waals surface area (Å²) in [6.45, 7) is 2.54. The summed E-state index contributed by atoms with van der Waals surface area (Å²) in [5, 5.41) is 2.67. The van der Waals surface area contributed by atoms with Gasteiger partial charge in [0.15, 0.2) is 0 Å². The second-order valence-electron chi connectivity index (χ2n) is 6.05. The molecular weight excluding hydrogens is 345 g/mol. The Hall–Kier alpha value is -2.38. The van der Waals surface area contributed by atoms with Crippen LogP contribution in [-0.4, -0.2) is 43.7 Å². The van der Waals surface area contributed by atoms with Crippen molar-refractivity contribution in [2.45, 2.75) is 6.04 Å². The van der Waals surface area contributed by atoms with Gasteiger partial charge in [0.25, 0.3) is 5.91 Å². The Morgan fingerprint density at radius 1 is 1.08 bits per heavy atom. The summed E-state index contributed by atoms with van der Waals surface area (Å²) in [5.41, 5.74) is 0.484. The van der Waals surface area contributed by atoms with Gasteiger partial charge < -0.3 is 10.1 Å². The van der Waals surface area contributed by atoms with Crippen LogP contribution in [0.2, 0.25) is 0 Å². The molecule has 2 aromatic rings. The van der Waals surface area contributed by atoms with Crippen LogP contribution in [0.25, 0.3) is 0 Å². The predicted octanol–water partition coefficient (Wildman–Crippen LogP) is 2.91. The van der Waals surface area contributed by atoms with Gasteiger partial charge in [-0.15, -0.1) is 0 Å². The first-order valence-electron chi connectivity index (χ1n) is 8.35. The van der Waals surface area contributed by atoms with E-state index < -0.39 is 17.5 Å². The molecule has 0 radical (unpaired) electrons. The summed E-state index contributed by atoms with van der Waals surface area (Å²) in [6, 6.07) is 8.70. The van der Waals surface area contributed by atoms with Crippen molar-refractivity contribution in [1.29, 1.82) is 0 Å². The third-order valence-corrected chi connectivity index (χ3v) is 4.35. The van der Waals surface area contributed by atoms with Crippen LogP contribution in [0.5, 0.6) is 0 Å². The smallest absolute Gasteiger partial charge is 0.254 e. The number of ether oxygens (including phenoxy) is 1. The van der Waals surface area contributed by atoms with E-state index in [9.17, 15) is 18.0 Å². The van der Waals surface area contributed by atoms with Crippen molar-refractivity contribution in [2.24, 2.45) is 0 Å². The first-order valence-corrected chi connectivity index (χ1v) is 8.35. The van der Waals surface area contributed by atoms with E-state index in [0.717, 1.165) is 12.1 Å². The predicted molar refractivity (Wildman–Crippen MR) is 90.2 cm³/mol. The molecule has 0 spiro atoms. The first kappa shape index (κ1) is 18.4. The zero-order valence-corrected chi connectivity index (χ0v) is 14.1. The molecular formula is C19H19F3N2O2. The molecule has 4 nitrogen and oxygen atoms in total. The highest BCUT2D eigenvalue weighted by atomic mass is 19.1. The number of hydrogen-bond donors (Lipinski definition) is 1. The van der Waals surface area contributed by atoms with Gasteiger partial charge in [-0.1, -0.05) is 12.1 Å². The van der Waals surface area contributed by atoms with Crippen LogP contribution in [0.1, 0.15) is 22.0 Å². The van der Waals surface area contributed by atoms with E-state index in [1.807, 2.05) is 0 Å². The molecule has 0 saturated carbocycles. The molecule has 1 amide bonds.